The Kier molecular flexibility index (Phi) is 3.96. The van der Waals surface area contributed by atoms with Gasteiger partial charge in [-0.1, -0.05) is 20.8 Å². The third kappa shape index (κ3) is 3.32. The lowest BCUT2D eigenvalue weighted by atomic mass is 9.95. The maximum atomic E-state index is 4.63. The molecule has 96 valence electrons. The molecule has 0 amide bonds. The van der Waals surface area contributed by atoms with E-state index >= 15 is 0 Å². The molecule has 0 fully saturated rings. The van der Waals surface area contributed by atoms with Crippen molar-refractivity contribution in [3.05, 3.63) is 11.4 Å². The highest BCUT2D eigenvalue weighted by atomic mass is 15.1. The lowest BCUT2D eigenvalue weighted by Crippen LogP contribution is -2.21. The van der Waals surface area contributed by atoms with Crippen LogP contribution < -0.4 is 10.6 Å². The van der Waals surface area contributed by atoms with Crippen LogP contribution in [-0.4, -0.2) is 23.1 Å². The molecule has 1 aromatic heterocycles. The van der Waals surface area contributed by atoms with E-state index in [0.717, 1.165) is 23.0 Å². The standard InChI is InChI=1S/C13H24N4/c1-8(2)15-11-9(3)10(14-7)16-12(17-11)13(4,5)6/h8H,1-7H3,(H2,14,15,16,17). The molecule has 0 atom stereocenters. The molecule has 17 heavy (non-hydrogen) atoms. The quantitative estimate of drug-likeness (QED) is 0.847. The summed E-state index contributed by atoms with van der Waals surface area (Å²) in [6.45, 7) is 12.6. The third-order valence-corrected chi connectivity index (χ3v) is 2.48. The summed E-state index contributed by atoms with van der Waals surface area (Å²) in [5, 5.41) is 6.50. The Morgan fingerprint density at radius 3 is 2.00 bits per heavy atom. The van der Waals surface area contributed by atoms with Crippen molar-refractivity contribution in [1.29, 1.82) is 0 Å². The molecule has 0 aliphatic carbocycles. The third-order valence-electron chi connectivity index (χ3n) is 2.48. The predicted molar refractivity (Wildman–Crippen MR) is 73.8 cm³/mol. The second-order valence-corrected chi connectivity index (χ2v) is 5.67. The minimum atomic E-state index is -0.0489. The summed E-state index contributed by atoms with van der Waals surface area (Å²) in [6, 6.07) is 0.362. The maximum Gasteiger partial charge on any atom is 0.138 e. The number of rotatable bonds is 3. The number of nitrogens with one attached hydrogen (secondary N) is 2. The van der Waals surface area contributed by atoms with Crippen LogP contribution in [0.3, 0.4) is 0 Å². The number of aromatic nitrogens is 2. The molecule has 4 heteroatoms. The molecule has 0 saturated carbocycles. The summed E-state index contributed by atoms with van der Waals surface area (Å²) in [4.78, 5) is 9.20. The molecule has 1 rings (SSSR count). The van der Waals surface area contributed by atoms with Crippen LogP contribution in [-0.2, 0) is 5.41 Å². The van der Waals surface area contributed by atoms with Crippen molar-refractivity contribution in [1.82, 2.24) is 9.97 Å². The Labute approximate surface area is 104 Å². The molecule has 0 aliphatic heterocycles. The van der Waals surface area contributed by atoms with E-state index in [9.17, 15) is 0 Å². The van der Waals surface area contributed by atoms with Crippen molar-refractivity contribution in [3.63, 3.8) is 0 Å². The van der Waals surface area contributed by atoms with Gasteiger partial charge in [-0.25, -0.2) is 9.97 Å². The van der Waals surface area contributed by atoms with E-state index in [4.69, 9.17) is 0 Å². The first-order valence-corrected chi connectivity index (χ1v) is 6.09. The molecule has 4 nitrogen and oxygen atoms in total. The van der Waals surface area contributed by atoms with Gasteiger partial charge in [0, 0.05) is 24.1 Å². The first-order valence-electron chi connectivity index (χ1n) is 6.09. The molecule has 0 unspecified atom stereocenters. The van der Waals surface area contributed by atoms with Crippen LogP contribution in [0.4, 0.5) is 11.6 Å². The smallest absolute Gasteiger partial charge is 0.138 e. The second-order valence-electron chi connectivity index (χ2n) is 5.67. The Balaban J connectivity index is 3.28. The lowest BCUT2D eigenvalue weighted by molar-refractivity contribution is 0.546. The van der Waals surface area contributed by atoms with E-state index in [1.54, 1.807) is 0 Å². The first kappa shape index (κ1) is 13.7. The first-order chi connectivity index (χ1) is 7.75. The van der Waals surface area contributed by atoms with Gasteiger partial charge in [0.1, 0.15) is 17.5 Å². The number of hydrogen-bond acceptors (Lipinski definition) is 4. The van der Waals surface area contributed by atoms with Gasteiger partial charge in [0.05, 0.1) is 0 Å². The van der Waals surface area contributed by atoms with Crippen molar-refractivity contribution in [2.75, 3.05) is 17.7 Å². The number of hydrogen-bond donors (Lipinski definition) is 2. The Morgan fingerprint density at radius 1 is 1.06 bits per heavy atom. The summed E-state index contributed by atoms with van der Waals surface area (Å²) in [6.07, 6.45) is 0. The van der Waals surface area contributed by atoms with Crippen molar-refractivity contribution in [2.24, 2.45) is 0 Å². The van der Waals surface area contributed by atoms with E-state index in [0.29, 0.717) is 6.04 Å². The van der Waals surface area contributed by atoms with Crippen LogP contribution in [0, 0.1) is 6.92 Å². The molecule has 1 aromatic rings. The fourth-order valence-electron chi connectivity index (χ4n) is 1.51. The van der Waals surface area contributed by atoms with E-state index < -0.39 is 0 Å². The van der Waals surface area contributed by atoms with Crippen molar-refractivity contribution in [3.8, 4) is 0 Å². The molecule has 0 aromatic carbocycles. The molecule has 0 bridgehead atoms. The molecule has 0 radical (unpaired) electrons. The van der Waals surface area contributed by atoms with Gasteiger partial charge >= 0.3 is 0 Å². The van der Waals surface area contributed by atoms with Gasteiger partial charge in [-0.15, -0.1) is 0 Å². The van der Waals surface area contributed by atoms with Crippen LogP contribution in [0.15, 0.2) is 0 Å². The van der Waals surface area contributed by atoms with Crippen LogP contribution in [0.2, 0.25) is 0 Å². The van der Waals surface area contributed by atoms with Gasteiger partial charge < -0.3 is 10.6 Å². The molecule has 1 heterocycles. The zero-order chi connectivity index (χ0) is 13.2. The summed E-state index contributed by atoms with van der Waals surface area (Å²) < 4.78 is 0. The van der Waals surface area contributed by atoms with Gasteiger partial charge in [0.15, 0.2) is 0 Å². The van der Waals surface area contributed by atoms with Crippen LogP contribution in [0.1, 0.15) is 46.0 Å². The van der Waals surface area contributed by atoms with E-state index in [1.165, 1.54) is 0 Å². The average molecular weight is 236 g/mol. The summed E-state index contributed by atoms with van der Waals surface area (Å²) in [7, 11) is 1.89. The van der Waals surface area contributed by atoms with Crippen molar-refractivity contribution < 1.29 is 0 Å². The molecular formula is C13H24N4. The number of nitrogens with zero attached hydrogens (tertiary/aromatic N) is 2. The fraction of sp³-hybridized carbons (Fsp3) is 0.692. The zero-order valence-electron chi connectivity index (χ0n) is 12.0. The topological polar surface area (TPSA) is 49.8 Å². The molecular weight excluding hydrogens is 212 g/mol. The summed E-state index contributed by atoms with van der Waals surface area (Å²) in [5.74, 6) is 2.67. The van der Waals surface area contributed by atoms with E-state index in [1.807, 2.05) is 14.0 Å². The Hall–Kier alpha value is -1.32. The Bertz CT molecular complexity index is 391. The summed E-state index contributed by atoms with van der Waals surface area (Å²) in [5.41, 5.74) is 1.02. The minimum absolute atomic E-state index is 0.0489. The van der Waals surface area contributed by atoms with Crippen LogP contribution in [0.25, 0.3) is 0 Å². The SMILES string of the molecule is CNc1nc(C(C)(C)C)nc(NC(C)C)c1C. The highest BCUT2D eigenvalue weighted by molar-refractivity contribution is 5.57. The molecule has 2 N–H and O–H groups in total. The molecule has 0 aliphatic rings. The normalized spacial score (nSPS) is 11.8. The molecule has 0 saturated heterocycles. The van der Waals surface area contributed by atoms with Crippen LogP contribution in [0.5, 0.6) is 0 Å². The fourth-order valence-corrected chi connectivity index (χ4v) is 1.51. The number of anilines is 2. The average Bonchev–Trinajstić information content (AvgIpc) is 2.18. The van der Waals surface area contributed by atoms with Gasteiger partial charge in [-0.3, -0.25) is 0 Å². The lowest BCUT2D eigenvalue weighted by Gasteiger charge is -2.21. The minimum Gasteiger partial charge on any atom is -0.373 e. The predicted octanol–water partition coefficient (Wildman–Crippen LogP) is 2.94. The largest absolute Gasteiger partial charge is 0.373 e. The van der Waals surface area contributed by atoms with Gasteiger partial charge in [-0.2, -0.15) is 0 Å². The van der Waals surface area contributed by atoms with Gasteiger partial charge in [0.2, 0.25) is 0 Å². The van der Waals surface area contributed by atoms with Crippen molar-refractivity contribution >= 4 is 11.6 Å². The van der Waals surface area contributed by atoms with Crippen molar-refractivity contribution in [2.45, 2.75) is 53.0 Å². The second kappa shape index (κ2) is 4.90. The maximum absolute atomic E-state index is 4.63. The highest BCUT2D eigenvalue weighted by Crippen LogP contribution is 2.26. The van der Waals surface area contributed by atoms with Gasteiger partial charge in [-0.05, 0) is 20.8 Å². The van der Waals surface area contributed by atoms with E-state index in [2.05, 4.69) is 55.2 Å². The Morgan fingerprint density at radius 2 is 1.59 bits per heavy atom. The highest BCUT2D eigenvalue weighted by Gasteiger charge is 2.20. The van der Waals surface area contributed by atoms with Crippen LogP contribution >= 0.6 is 0 Å². The summed E-state index contributed by atoms with van der Waals surface area (Å²) >= 11 is 0. The van der Waals surface area contributed by atoms with E-state index in [-0.39, 0.29) is 5.41 Å². The monoisotopic (exact) mass is 236 g/mol. The zero-order valence-corrected chi connectivity index (χ0v) is 12.0. The van der Waals surface area contributed by atoms with Gasteiger partial charge in [0.25, 0.3) is 0 Å². The molecule has 0 spiro atoms.